The number of fused-ring (bicyclic) bond motifs is 1. The number of benzene rings is 2. The third kappa shape index (κ3) is 7.54. The number of aliphatic hydroxyl groups excluding tert-OH is 2. The van der Waals surface area contributed by atoms with Gasteiger partial charge >= 0.3 is 0 Å². The number of carbonyl (C=O) groups excluding carboxylic acids is 2. The second-order valence-electron chi connectivity index (χ2n) is 13.6. The predicted molar refractivity (Wildman–Crippen MR) is 201 cm³/mol. The van der Waals surface area contributed by atoms with Crippen LogP contribution in [-0.2, 0) is 16.1 Å². The molecule has 9 nitrogen and oxygen atoms in total. The van der Waals surface area contributed by atoms with Gasteiger partial charge in [-0.1, -0.05) is 48.9 Å². The molecule has 50 heavy (non-hydrogen) atoms. The number of piperidine rings is 1. The first kappa shape index (κ1) is 36.2. The average molecular weight is 792 g/mol. The lowest BCUT2D eigenvalue weighted by Crippen LogP contribution is -2.47. The summed E-state index contributed by atoms with van der Waals surface area (Å²) in [6.45, 7) is 4.16. The van der Waals surface area contributed by atoms with E-state index in [0.29, 0.717) is 40.6 Å². The number of carbonyl (C=O) groups is 2. The van der Waals surface area contributed by atoms with Crippen LogP contribution in [0.4, 0.5) is 0 Å². The molecule has 3 heterocycles. The zero-order valence-corrected chi connectivity index (χ0v) is 30.8. The number of likely N-dealkylation sites (tertiary alicyclic amines) is 2. The summed E-state index contributed by atoms with van der Waals surface area (Å²) < 4.78 is 6.03. The van der Waals surface area contributed by atoms with Crippen LogP contribution in [0.2, 0.25) is 0 Å². The number of pyridine rings is 1. The molecule has 6 rings (SSSR count). The van der Waals surface area contributed by atoms with E-state index in [1.807, 2.05) is 55.5 Å². The summed E-state index contributed by atoms with van der Waals surface area (Å²) in [7, 11) is 1.51. The van der Waals surface area contributed by atoms with Gasteiger partial charge in [-0.3, -0.25) is 24.4 Å². The lowest BCUT2D eigenvalue weighted by molar-refractivity contribution is -0.144. The smallest absolute Gasteiger partial charge is 0.234 e. The highest BCUT2D eigenvalue weighted by atomic mass is 127. The van der Waals surface area contributed by atoms with Crippen molar-refractivity contribution in [2.75, 3.05) is 26.8 Å². The maximum Gasteiger partial charge on any atom is 0.234 e. The molecular weight excluding hydrogens is 745 g/mol. The Morgan fingerprint density at radius 2 is 1.82 bits per heavy atom. The van der Waals surface area contributed by atoms with Crippen molar-refractivity contribution in [1.29, 1.82) is 0 Å². The summed E-state index contributed by atoms with van der Waals surface area (Å²) in [5.41, 5.74) is 5.38. The number of aliphatic hydroxyl groups is 2. The van der Waals surface area contributed by atoms with Crippen LogP contribution in [-0.4, -0.2) is 80.9 Å². The molecule has 2 fully saturated rings. The number of rotatable bonds is 12. The number of imide groups is 1. The molecule has 2 amide bonds. The van der Waals surface area contributed by atoms with Gasteiger partial charge in [0.25, 0.3) is 0 Å². The fourth-order valence-electron chi connectivity index (χ4n) is 8.17. The van der Waals surface area contributed by atoms with E-state index in [1.165, 1.54) is 17.6 Å². The molecule has 3 aliphatic rings. The molecule has 2 aliphatic heterocycles. The van der Waals surface area contributed by atoms with Gasteiger partial charge < -0.3 is 20.1 Å². The highest BCUT2D eigenvalue weighted by molar-refractivity contribution is 14.1. The van der Waals surface area contributed by atoms with Crippen LogP contribution in [0.1, 0.15) is 62.3 Å². The number of hydrogen-bond acceptors (Lipinski definition) is 8. The lowest BCUT2D eigenvalue weighted by Gasteiger charge is -2.37. The molecule has 3 aromatic rings. The fourth-order valence-corrected chi connectivity index (χ4v) is 8.79. The van der Waals surface area contributed by atoms with E-state index in [2.05, 4.69) is 44.6 Å². The number of phenolic OH excluding ortho intramolecular Hbond substituents is 1. The number of methoxy groups -OCH3 is 1. The van der Waals surface area contributed by atoms with Crippen molar-refractivity contribution in [2.45, 2.75) is 64.1 Å². The van der Waals surface area contributed by atoms with E-state index < -0.39 is 23.9 Å². The Labute approximate surface area is 307 Å². The van der Waals surface area contributed by atoms with E-state index in [1.54, 1.807) is 12.3 Å². The van der Waals surface area contributed by atoms with E-state index in [0.717, 1.165) is 54.9 Å². The Morgan fingerprint density at radius 3 is 2.48 bits per heavy atom. The fraction of sp³-hybridized carbons (Fsp3) is 0.425. The third-order valence-electron chi connectivity index (χ3n) is 10.7. The molecule has 0 saturated carbocycles. The van der Waals surface area contributed by atoms with Gasteiger partial charge in [-0.25, -0.2) is 0 Å². The summed E-state index contributed by atoms with van der Waals surface area (Å²) in [5, 5.41) is 33.0. The second-order valence-corrected chi connectivity index (χ2v) is 14.7. The van der Waals surface area contributed by atoms with Gasteiger partial charge in [0, 0.05) is 37.8 Å². The Kier molecular flexibility index (Phi) is 11.7. The van der Waals surface area contributed by atoms with Crippen LogP contribution in [0.5, 0.6) is 11.5 Å². The minimum absolute atomic E-state index is 0.0803. The SMILES string of the molecule is CCC1=C([C@H](O)CC/C(=C/c2cc(I)c(O)c(OC)c2)c2ccccn2)[C@H](CO)[C@@H]2C(=O)N(C3CCN(Cc4ccccc4)CC3)C(=O)[C@@H]2C1. The highest BCUT2D eigenvalue weighted by Gasteiger charge is 2.56. The molecule has 2 saturated heterocycles. The maximum atomic E-state index is 14.1. The van der Waals surface area contributed by atoms with Crippen molar-refractivity contribution in [3.05, 3.63) is 98.4 Å². The molecule has 0 unspecified atom stereocenters. The van der Waals surface area contributed by atoms with Gasteiger partial charge in [-0.05, 0) is 114 Å². The normalized spacial score (nSPS) is 22.6. The first-order chi connectivity index (χ1) is 24.2. The number of aromatic hydroxyl groups is 1. The molecule has 4 atom stereocenters. The molecule has 2 aromatic carbocycles. The summed E-state index contributed by atoms with van der Waals surface area (Å²) in [6, 6.07) is 19.5. The van der Waals surface area contributed by atoms with Crippen LogP contribution < -0.4 is 4.74 Å². The van der Waals surface area contributed by atoms with E-state index >= 15 is 0 Å². The Hall–Kier alpha value is -3.58. The Bertz CT molecular complexity index is 1740. The van der Waals surface area contributed by atoms with Crippen LogP contribution in [0.15, 0.2) is 78.0 Å². The monoisotopic (exact) mass is 791 g/mol. The number of phenols is 1. The first-order valence-corrected chi connectivity index (χ1v) is 18.6. The number of halogens is 1. The zero-order valence-electron chi connectivity index (χ0n) is 28.7. The van der Waals surface area contributed by atoms with E-state index in [-0.39, 0.29) is 30.2 Å². The van der Waals surface area contributed by atoms with Gasteiger partial charge in [0.1, 0.15) is 0 Å². The summed E-state index contributed by atoms with van der Waals surface area (Å²) in [5.74, 6) is -1.69. The molecule has 1 aliphatic carbocycles. The van der Waals surface area contributed by atoms with Crippen LogP contribution >= 0.6 is 22.6 Å². The standard InChI is InChI=1S/C40H46IN3O6/c1-3-27-22-30-37(40(49)44(39(30)48)29-14-17-43(18-15-29)23-25-9-5-4-6-10-25)31(24-45)36(27)34(46)13-12-28(33-11-7-8-16-42-33)19-26-20-32(41)38(47)35(21-26)50-2/h4-11,16,19-21,29-31,34,37,45-47H,3,12-15,17-18,22-24H2,1-2H3/b28-19-/t30-,31+,34-,37-/m1/s1. The number of nitrogens with zero attached hydrogens (tertiary/aromatic N) is 3. The summed E-state index contributed by atoms with van der Waals surface area (Å²) in [4.78, 5) is 36.6. The van der Waals surface area contributed by atoms with Crippen molar-refractivity contribution in [1.82, 2.24) is 14.8 Å². The highest BCUT2D eigenvalue weighted by Crippen LogP contribution is 2.48. The molecule has 264 valence electrons. The molecule has 0 spiro atoms. The van der Waals surface area contributed by atoms with Gasteiger partial charge in [-0.2, -0.15) is 0 Å². The number of amides is 2. The average Bonchev–Trinajstić information content (AvgIpc) is 3.39. The third-order valence-corrected chi connectivity index (χ3v) is 11.5. The molecule has 0 bridgehead atoms. The molecule has 3 N–H and O–H groups in total. The van der Waals surface area contributed by atoms with Gasteiger partial charge in [0.05, 0.1) is 40.9 Å². The Morgan fingerprint density at radius 1 is 1.08 bits per heavy atom. The molecule has 0 radical (unpaired) electrons. The minimum Gasteiger partial charge on any atom is -0.504 e. The summed E-state index contributed by atoms with van der Waals surface area (Å²) >= 11 is 2.07. The zero-order chi connectivity index (χ0) is 35.4. The van der Waals surface area contributed by atoms with Crippen molar-refractivity contribution >= 4 is 46.1 Å². The number of hydrogen-bond donors (Lipinski definition) is 3. The largest absolute Gasteiger partial charge is 0.504 e. The molecular formula is C40H46IN3O6. The number of allylic oxidation sites excluding steroid dienone is 2. The number of ether oxygens (including phenoxy) is 1. The second kappa shape index (κ2) is 16.2. The Balaban J connectivity index is 1.19. The first-order valence-electron chi connectivity index (χ1n) is 17.6. The van der Waals surface area contributed by atoms with Crippen LogP contribution in [0.25, 0.3) is 11.6 Å². The minimum atomic E-state index is -0.914. The van der Waals surface area contributed by atoms with Crippen molar-refractivity contribution < 1.29 is 29.6 Å². The molecule has 1 aromatic heterocycles. The van der Waals surface area contributed by atoms with Crippen LogP contribution in [0, 0.1) is 21.3 Å². The number of aromatic nitrogens is 1. The van der Waals surface area contributed by atoms with Gasteiger partial charge in [-0.15, -0.1) is 0 Å². The van der Waals surface area contributed by atoms with Crippen molar-refractivity contribution in [3.8, 4) is 11.5 Å². The van der Waals surface area contributed by atoms with Crippen molar-refractivity contribution in [3.63, 3.8) is 0 Å². The van der Waals surface area contributed by atoms with E-state index in [9.17, 15) is 24.9 Å². The predicted octanol–water partition coefficient (Wildman–Crippen LogP) is 6.07. The lowest BCUT2D eigenvalue weighted by atomic mass is 9.67. The quantitative estimate of drug-likeness (QED) is 0.115. The molecule has 10 heteroatoms. The van der Waals surface area contributed by atoms with Gasteiger partial charge in [0.2, 0.25) is 11.8 Å². The van der Waals surface area contributed by atoms with Crippen molar-refractivity contribution in [2.24, 2.45) is 17.8 Å². The van der Waals surface area contributed by atoms with Crippen LogP contribution in [0.3, 0.4) is 0 Å². The summed E-state index contributed by atoms with van der Waals surface area (Å²) in [6.07, 6.45) is 6.10. The van der Waals surface area contributed by atoms with E-state index in [4.69, 9.17) is 4.74 Å². The van der Waals surface area contributed by atoms with Gasteiger partial charge in [0.15, 0.2) is 11.5 Å². The topological polar surface area (TPSA) is 123 Å². The maximum absolute atomic E-state index is 14.1.